The minimum Gasteiger partial charge on any atom is -0.494 e. The molecule has 0 amide bonds. The van der Waals surface area contributed by atoms with E-state index in [-0.39, 0.29) is 12.3 Å². The van der Waals surface area contributed by atoms with Crippen molar-refractivity contribution in [2.75, 3.05) is 49.4 Å². The fourth-order valence-corrected chi connectivity index (χ4v) is 6.30. The van der Waals surface area contributed by atoms with Crippen LogP contribution in [0.5, 0.6) is 5.75 Å². The number of benzene rings is 1. The van der Waals surface area contributed by atoms with Crippen LogP contribution in [0.15, 0.2) is 36.4 Å². The summed E-state index contributed by atoms with van der Waals surface area (Å²) in [7, 11) is 5.04. The maximum Gasteiger partial charge on any atom is 0.208 e. The molecule has 1 aromatic carbocycles. The maximum atomic E-state index is 10.0. The number of imidazole rings is 1. The standard InChI is InChI=1S/C32H36N12O3/c1-19-34-29-23(35-22-9-7-8-21(30(22)46-4)31-39-41-42(2)40-31)16-27(38-32(29)44(19)28-10-5-6-15-47-28)37-26-12-11-25(24(17-33)36-26)43-14-13-20(18-43)45-3/h7-9,11-12,16,20,28H,5-6,10,13-15,18H2,1-4H3,(H2,35,36,37,38)/t20-,28?/m0/s1. The molecule has 15 heteroatoms. The quantitative estimate of drug-likeness (QED) is 0.230. The van der Waals surface area contributed by atoms with Crippen LogP contribution < -0.4 is 20.3 Å². The van der Waals surface area contributed by atoms with E-state index in [1.165, 1.54) is 4.80 Å². The summed E-state index contributed by atoms with van der Waals surface area (Å²) in [4.78, 5) is 18.2. The number of methoxy groups -OCH3 is 2. The molecule has 0 radical (unpaired) electrons. The van der Waals surface area contributed by atoms with E-state index >= 15 is 0 Å². The van der Waals surface area contributed by atoms with Gasteiger partial charge in [0.2, 0.25) is 5.82 Å². The smallest absolute Gasteiger partial charge is 0.208 e. The molecule has 2 N–H and O–H groups in total. The van der Waals surface area contributed by atoms with Gasteiger partial charge in [0, 0.05) is 32.9 Å². The highest BCUT2D eigenvalue weighted by Gasteiger charge is 2.26. The number of anilines is 5. The molecular weight excluding hydrogens is 600 g/mol. The zero-order chi connectivity index (χ0) is 32.5. The highest BCUT2D eigenvalue weighted by molar-refractivity contribution is 5.92. The van der Waals surface area contributed by atoms with E-state index in [1.54, 1.807) is 21.3 Å². The van der Waals surface area contributed by atoms with E-state index in [2.05, 4.69) is 46.6 Å². The van der Waals surface area contributed by atoms with Crippen molar-refractivity contribution < 1.29 is 14.2 Å². The summed E-state index contributed by atoms with van der Waals surface area (Å²) in [6.45, 7) is 4.17. The molecule has 0 bridgehead atoms. The number of nitrogens with one attached hydrogen (secondary N) is 2. The van der Waals surface area contributed by atoms with Gasteiger partial charge in [-0.25, -0.2) is 15.0 Å². The molecule has 2 aliphatic heterocycles. The number of rotatable bonds is 9. The van der Waals surface area contributed by atoms with Crippen LogP contribution in [0, 0.1) is 18.3 Å². The second-order valence-corrected chi connectivity index (χ2v) is 11.6. The molecular formula is C32H36N12O3. The number of pyridine rings is 2. The number of aryl methyl sites for hydroxylation is 2. The minimum atomic E-state index is -0.177. The van der Waals surface area contributed by atoms with Crippen LogP contribution in [-0.2, 0) is 16.5 Å². The summed E-state index contributed by atoms with van der Waals surface area (Å²) < 4.78 is 19.6. The molecule has 5 aromatic rings. The zero-order valence-electron chi connectivity index (χ0n) is 26.8. The number of nitriles is 1. The number of hydrogen-bond donors (Lipinski definition) is 2. The first-order chi connectivity index (χ1) is 22.9. The lowest BCUT2D eigenvalue weighted by Crippen LogP contribution is -2.23. The van der Waals surface area contributed by atoms with E-state index in [1.807, 2.05) is 43.3 Å². The van der Waals surface area contributed by atoms with Crippen molar-refractivity contribution in [2.24, 2.45) is 7.05 Å². The first kappa shape index (κ1) is 30.3. The van der Waals surface area contributed by atoms with Crippen LogP contribution in [0.25, 0.3) is 22.6 Å². The summed E-state index contributed by atoms with van der Waals surface area (Å²) in [6, 6.07) is 13.6. The number of fused-ring (bicyclic) bond motifs is 1. The van der Waals surface area contributed by atoms with Gasteiger partial charge >= 0.3 is 0 Å². The number of para-hydroxylation sites is 1. The average molecular weight is 637 g/mol. The van der Waals surface area contributed by atoms with Crippen molar-refractivity contribution >= 4 is 39.9 Å². The van der Waals surface area contributed by atoms with Gasteiger partial charge in [-0.3, -0.25) is 4.57 Å². The Bertz CT molecular complexity index is 1960. The number of aromatic nitrogens is 8. The molecule has 2 atom stereocenters. The molecule has 2 saturated heterocycles. The van der Waals surface area contributed by atoms with E-state index in [9.17, 15) is 5.26 Å². The van der Waals surface area contributed by atoms with Crippen molar-refractivity contribution in [1.82, 2.24) is 39.7 Å². The van der Waals surface area contributed by atoms with Crippen LogP contribution in [0.1, 0.15) is 43.4 Å². The van der Waals surface area contributed by atoms with Crippen molar-refractivity contribution in [3.05, 3.63) is 47.9 Å². The van der Waals surface area contributed by atoms with Gasteiger partial charge in [0.15, 0.2) is 17.1 Å². The van der Waals surface area contributed by atoms with E-state index < -0.39 is 0 Å². The minimum absolute atomic E-state index is 0.138. The fourth-order valence-electron chi connectivity index (χ4n) is 6.30. The molecule has 47 heavy (non-hydrogen) atoms. The Balaban J connectivity index is 1.29. The lowest BCUT2D eigenvalue weighted by molar-refractivity contribution is -0.0308. The van der Waals surface area contributed by atoms with Gasteiger partial charge in [-0.15, -0.1) is 10.2 Å². The molecule has 2 aliphatic rings. The van der Waals surface area contributed by atoms with Gasteiger partial charge in [-0.1, -0.05) is 6.07 Å². The summed E-state index contributed by atoms with van der Waals surface area (Å²) in [5.41, 5.74) is 4.53. The molecule has 4 aromatic heterocycles. The van der Waals surface area contributed by atoms with Crippen LogP contribution in [-0.4, -0.2) is 79.7 Å². The Morgan fingerprint density at radius 1 is 1.02 bits per heavy atom. The summed E-state index contributed by atoms with van der Waals surface area (Å²) in [6.07, 6.45) is 3.82. The SMILES string of the molecule is COc1c(Nc2cc(Nc3ccc(N4CC[C@H](OC)C4)c(C#N)n3)nc3c2nc(C)n3C2CCCCO2)cccc1-c1nnn(C)n1. The van der Waals surface area contributed by atoms with Crippen LogP contribution in [0.3, 0.4) is 0 Å². The predicted molar refractivity (Wildman–Crippen MR) is 175 cm³/mol. The first-order valence-corrected chi connectivity index (χ1v) is 15.6. The van der Waals surface area contributed by atoms with Gasteiger partial charge < -0.3 is 29.7 Å². The molecule has 242 valence electrons. The second kappa shape index (κ2) is 12.8. The molecule has 15 nitrogen and oxygen atoms in total. The van der Waals surface area contributed by atoms with E-state index in [0.717, 1.165) is 50.3 Å². The number of hydrogen-bond acceptors (Lipinski definition) is 13. The van der Waals surface area contributed by atoms with Crippen LogP contribution in [0.2, 0.25) is 0 Å². The zero-order valence-corrected chi connectivity index (χ0v) is 26.8. The largest absolute Gasteiger partial charge is 0.494 e. The Labute approximate surface area is 271 Å². The van der Waals surface area contributed by atoms with Gasteiger partial charge in [0.25, 0.3) is 0 Å². The average Bonchev–Trinajstić information content (AvgIpc) is 3.83. The van der Waals surface area contributed by atoms with Crippen molar-refractivity contribution in [3.63, 3.8) is 0 Å². The van der Waals surface area contributed by atoms with Crippen molar-refractivity contribution in [1.29, 1.82) is 5.26 Å². The van der Waals surface area contributed by atoms with Gasteiger partial charge in [0.05, 0.1) is 42.9 Å². The normalized spacial score (nSPS) is 18.0. The van der Waals surface area contributed by atoms with Crippen molar-refractivity contribution in [3.8, 4) is 23.2 Å². The summed E-state index contributed by atoms with van der Waals surface area (Å²) in [5, 5.41) is 29.4. The van der Waals surface area contributed by atoms with Crippen LogP contribution >= 0.6 is 0 Å². The fraction of sp³-hybridized carbons (Fsp3) is 0.406. The summed E-state index contributed by atoms with van der Waals surface area (Å²) in [5.74, 6) is 2.81. The highest BCUT2D eigenvalue weighted by atomic mass is 16.5. The molecule has 1 unspecified atom stereocenters. The molecule has 2 fully saturated rings. The predicted octanol–water partition coefficient (Wildman–Crippen LogP) is 4.62. The lowest BCUT2D eigenvalue weighted by atomic mass is 10.1. The first-order valence-electron chi connectivity index (χ1n) is 15.6. The molecule has 6 heterocycles. The Morgan fingerprint density at radius 3 is 2.64 bits per heavy atom. The Kier molecular flexibility index (Phi) is 8.27. The highest BCUT2D eigenvalue weighted by Crippen LogP contribution is 2.39. The maximum absolute atomic E-state index is 10.0. The number of tetrazole rings is 1. The number of nitrogens with zero attached hydrogens (tertiary/aromatic N) is 10. The van der Waals surface area contributed by atoms with Gasteiger partial charge in [-0.05, 0) is 62.1 Å². The van der Waals surface area contributed by atoms with Crippen LogP contribution in [0.4, 0.5) is 28.7 Å². The van der Waals surface area contributed by atoms with E-state index in [0.29, 0.717) is 63.6 Å². The molecule has 7 rings (SSSR count). The lowest BCUT2D eigenvalue weighted by Gasteiger charge is -2.25. The molecule has 0 aliphatic carbocycles. The third-order valence-corrected chi connectivity index (χ3v) is 8.56. The molecule has 0 saturated carbocycles. The monoisotopic (exact) mass is 636 g/mol. The third kappa shape index (κ3) is 5.88. The van der Waals surface area contributed by atoms with Gasteiger partial charge in [-0.2, -0.15) is 10.1 Å². The topological polar surface area (TPSA) is 166 Å². The molecule has 0 spiro atoms. The van der Waals surface area contributed by atoms with Gasteiger partial charge in [0.1, 0.15) is 35.3 Å². The van der Waals surface area contributed by atoms with E-state index in [4.69, 9.17) is 24.2 Å². The Hall–Kier alpha value is -5.33. The summed E-state index contributed by atoms with van der Waals surface area (Å²) >= 11 is 0. The second-order valence-electron chi connectivity index (χ2n) is 11.6. The van der Waals surface area contributed by atoms with Crippen molar-refractivity contribution in [2.45, 2.75) is 44.9 Å². The Morgan fingerprint density at radius 2 is 1.91 bits per heavy atom. The number of ether oxygens (including phenoxy) is 3. The third-order valence-electron chi connectivity index (χ3n) is 8.56.